The molecule has 0 aliphatic rings. The van der Waals surface area contributed by atoms with Gasteiger partial charge in [-0.3, -0.25) is 14.6 Å². The van der Waals surface area contributed by atoms with Gasteiger partial charge < -0.3 is 18.9 Å². The molecule has 0 bridgehead atoms. The van der Waals surface area contributed by atoms with Crippen LogP contribution in [0.1, 0.15) is 18.4 Å². The zero-order chi connectivity index (χ0) is 17.1. The first-order chi connectivity index (χ1) is 11.0. The molecule has 0 aliphatic heterocycles. The molecule has 0 saturated carbocycles. The van der Waals surface area contributed by atoms with Crippen LogP contribution in [0.4, 0.5) is 0 Å². The summed E-state index contributed by atoms with van der Waals surface area (Å²) in [5, 5.41) is 1.15. The predicted molar refractivity (Wildman–Crippen MR) is 84.7 cm³/mol. The fourth-order valence-electron chi connectivity index (χ4n) is 2.54. The second kappa shape index (κ2) is 6.60. The zero-order valence-electron chi connectivity index (χ0n) is 13.7. The van der Waals surface area contributed by atoms with Crippen LogP contribution in [0, 0.1) is 0 Å². The molecule has 1 unspecified atom stereocenters. The van der Waals surface area contributed by atoms with E-state index >= 15 is 0 Å². The van der Waals surface area contributed by atoms with Gasteiger partial charge in [-0.2, -0.15) is 0 Å². The van der Waals surface area contributed by atoms with E-state index in [9.17, 15) is 9.59 Å². The topological polar surface area (TPSA) is 86.9 Å². The summed E-state index contributed by atoms with van der Waals surface area (Å²) in [5.41, 5.74) is -0.131. The maximum absolute atomic E-state index is 12.4. The minimum atomic E-state index is -0.741. The quantitative estimate of drug-likeness (QED) is 0.846. The number of carbonyl (C=O) groups excluding carboxylic acids is 1. The third kappa shape index (κ3) is 2.81. The summed E-state index contributed by atoms with van der Waals surface area (Å²) in [6.07, 6.45) is 0. The molecule has 0 radical (unpaired) electrons. The first-order valence-electron chi connectivity index (χ1n) is 6.92. The minimum Gasteiger partial charge on any atom is -0.493 e. The van der Waals surface area contributed by atoms with E-state index in [0.29, 0.717) is 22.3 Å². The Balaban J connectivity index is 2.89. The third-order valence-electron chi connectivity index (χ3n) is 3.72. The van der Waals surface area contributed by atoms with Gasteiger partial charge in [0.15, 0.2) is 11.5 Å². The summed E-state index contributed by atoms with van der Waals surface area (Å²) in [6, 6.07) is 3.34. The number of fused-ring (bicyclic) bond motifs is 1. The number of rotatable bonds is 5. The Kier molecular flexibility index (Phi) is 4.78. The summed E-state index contributed by atoms with van der Waals surface area (Å²) in [7, 11) is 5.74. The molecule has 1 aromatic heterocycles. The average molecular weight is 321 g/mol. The summed E-state index contributed by atoms with van der Waals surface area (Å²) in [4.78, 5) is 26.9. The highest BCUT2D eigenvalue weighted by atomic mass is 16.5. The van der Waals surface area contributed by atoms with E-state index in [0.717, 1.165) is 0 Å². The van der Waals surface area contributed by atoms with Crippen molar-refractivity contribution in [2.24, 2.45) is 0 Å². The van der Waals surface area contributed by atoms with E-state index in [-0.39, 0.29) is 11.4 Å². The van der Waals surface area contributed by atoms with Gasteiger partial charge in [-0.05, 0) is 19.1 Å². The number of esters is 1. The van der Waals surface area contributed by atoms with E-state index in [1.165, 1.54) is 28.4 Å². The number of carbonyl (C=O) groups is 1. The predicted octanol–water partition coefficient (Wildman–Crippen LogP) is 1.83. The van der Waals surface area contributed by atoms with Crippen LogP contribution in [-0.4, -0.2) is 39.4 Å². The molecule has 1 N–H and O–H groups in total. The number of ether oxygens (including phenoxy) is 4. The van der Waals surface area contributed by atoms with Crippen LogP contribution in [0.5, 0.6) is 17.4 Å². The third-order valence-corrected chi connectivity index (χ3v) is 3.72. The molecule has 124 valence electrons. The number of hydrogen-bond donors (Lipinski definition) is 1. The lowest BCUT2D eigenvalue weighted by molar-refractivity contribution is -0.141. The van der Waals surface area contributed by atoms with Gasteiger partial charge in [0, 0.05) is 16.3 Å². The van der Waals surface area contributed by atoms with Crippen molar-refractivity contribution in [1.82, 2.24) is 4.98 Å². The van der Waals surface area contributed by atoms with Gasteiger partial charge in [-0.25, -0.2) is 0 Å². The molecule has 0 amide bonds. The van der Waals surface area contributed by atoms with E-state index in [4.69, 9.17) is 18.9 Å². The molecular weight excluding hydrogens is 302 g/mol. The normalized spacial score (nSPS) is 11.9. The van der Waals surface area contributed by atoms with Crippen molar-refractivity contribution < 1.29 is 23.7 Å². The molecule has 0 fully saturated rings. The Labute approximate surface area is 133 Å². The maximum atomic E-state index is 12.4. The number of pyridine rings is 1. The fraction of sp³-hybridized carbons (Fsp3) is 0.375. The van der Waals surface area contributed by atoms with Crippen molar-refractivity contribution in [3.63, 3.8) is 0 Å². The van der Waals surface area contributed by atoms with Crippen molar-refractivity contribution >= 4 is 16.7 Å². The van der Waals surface area contributed by atoms with Gasteiger partial charge in [0.2, 0.25) is 5.88 Å². The van der Waals surface area contributed by atoms with Crippen LogP contribution in [0.25, 0.3) is 10.8 Å². The van der Waals surface area contributed by atoms with Crippen LogP contribution >= 0.6 is 0 Å². The Morgan fingerprint density at radius 2 is 1.57 bits per heavy atom. The van der Waals surface area contributed by atoms with Crippen LogP contribution in [0.2, 0.25) is 0 Å². The number of hydrogen-bond acceptors (Lipinski definition) is 6. The van der Waals surface area contributed by atoms with E-state index in [1.54, 1.807) is 19.1 Å². The highest BCUT2D eigenvalue weighted by molar-refractivity contribution is 5.95. The number of nitrogens with one attached hydrogen (secondary N) is 1. The summed E-state index contributed by atoms with van der Waals surface area (Å²) in [6.45, 7) is 1.61. The Morgan fingerprint density at radius 1 is 1.00 bits per heavy atom. The van der Waals surface area contributed by atoms with Crippen LogP contribution in [0.3, 0.4) is 0 Å². The van der Waals surface area contributed by atoms with E-state index in [1.807, 2.05) is 0 Å². The van der Waals surface area contributed by atoms with Gasteiger partial charge in [0.25, 0.3) is 5.56 Å². The highest BCUT2D eigenvalue weighted by Gasteiger charge is 2.24. The smallest absolute Gasteiger partial charge is 0.313 e. The maximum Gasteiger partial charge on any atom is 0.313 e. The number of aromatic nitrogens is 1. The summed E-state index contributed by atoms with van der Waals surface area (Å²) < 4.78 is 20.5. The standard InChI is InChI=1S/C16H19NO6/c1-8(16(19)23-5)13-9-6-11(20-2)12(21-3)7-10(9)15(22-4)17-14(13)18/h6-8H,1-5H3,(H,17,18). The van der Waals surface area contributed by atoms with Crippen molar-refractivity contribution in [1.29, 1.82) is 0 Å². The van der Waals surface area contributed by atoms with Crippen molar-refractivity contribution in [3.8, 4) is 17.4 Å². The van der Waals surface area contributed by atoms with Crippen molar-refractivity contribution in [2.75, 3.05) is 28.4 Å². The van der Waals surface area contributed by atoms with Gasteiger partial charge in [0.1, 0.15) is 0 Å². The highest BCUT2D eigenvalue weighted by Crippen LogP contribution is 2.37. The van der Waals surface area contributed by atoms with Gasteiger partial charge in [-0.15, -0.1) is 0 Å². The molecule has 1 atom stereocenters. The Morgan fingerprint density at radius 3 is 2.04 bits per heavy atom. The fourth-order valence-corrected chi connectivity index (χ4v) is 2.54. The molecule has 0 saturated heterocycles. The van der Waals surface area contributed by atoms with Crippen LogP contribution in [-0.2, 0) is 9.53 Å². The average Bonchev–Trinajstić information content (AvgIpc) is 2.58. The molecule has 2 aromatic rings. The lowest BCUT2D eigenvalue weighted by Gasteiger charge is -2.16. The van der Waals surface area contributed by atoms with Gasteiger partial charge >= 0.3 is 5.97 Å². The molecule has 1 aromatic carbocycles. The number of aromatic amines is 1. The monoisotopic (exact) mass is 321 g/mol. The van der Waals surface area contributed by atoms with E-state index in [2.05, 4.69) is 4.98 Å². The molecule has 0 spiro atoms. The van der Waals surface area contributed by atoms with Gasteiger partial charge in [0.05, 0.1) is 34.4 Å². The SMILES string of the molecule is COC(=O)C(C)c1c(=O)[nH]c(OC)c2cc(OC)c(OC)cc12. The molecule has 1 heterocycles. The summed E-state index contributed by atoms with van der Waals surface area (Å²) in [5.74, 6) is -0.0215. The first kappa shape index (κ1) is 16.7. The second-order valence-corrected chi connectivity index (χ2v) is 4.90. The first-order valence-corrected chi connectivity index (χ1v) is 6.92. The Hall–Kier alpha value is -2.70. The van der Waals surface area contributed by atoms with E-state index < -0.39 is 17.4 Å². The largest absolute Gasteiger partial charge is 0.493 e. The lowest BCUT2D eigenvalue weighted by Crippen LogP contribution is -2.22. The Bertz CT molecular complexity index is 795. The molecule has 7 nitrogen and oxygen atoms in total. The number of methoxy groups -OCH3 is 4. The number of benzene rings is 1. The molecule has 7 heteroatoms. The number of H-pyrrole nitrogens is 1. The summed E-state index contributed by atoms with van der Waals surface area (Å²) >= 11 is 0. The van der Waals surface area contributed by atoms with Crippen LogP contribution < -0.4 is 19.8 Å². The zero-order valence-corrected chi connectivity index (χ0v) is 13.7. The van der Waals surface area contributed by atoms with Crippen molar-refractivity contribution in [3.05, 3.63) is 28.0 Å². The van der Waals surface area contributed by atoms with Crippen LogP contribution in [0.15, 0.2) is 16.9 Å². The molecule has 0 aliphatic carbocycles. The molecule has 2 rings (SSSR count). The lowest BCUT2D eigenvalue weighted by atomic mass is 9.96. The molecule has 23 heavy (non-hydrogen) atoms. The van der Waals surface area contributed by atoms with Crippen molar-refractivity contribution in [2.45, 2.75) is 12.8 Å². The molecular formula is C16H19NO6. The van der Waals surface area contributed by atoms with Gasteiger partial charge in [-0.1, -0.05) is 0 Å². The second-order valence-electron chi connectivity index (χ2n) is 4.90. The minimum absolute atomic E-state index is 0.284.